The van der Waals surface area contributed by atoms with Crippen molar-refractivity contribution in [2.75, 3.05) is 19.8 Å². The molecule has 0 aromatic carbocycles. The van der Waals surface area contributed by atoms with Gasteiger partial charge in [-0.05, 0) is 43.6 Å². The molecular weight excluding hydrogens is 380 g/mol. The van der Waals surface area contributed by atoms with Gasteiger partial charge in [-0.15, -0.1) is 11.8 Å². The summed E-state index contributed by atoms with van der Waals surface area (Å²) in [6.45, 7) is 5.28. The number of allylic oxidation sites excluding steroid dienone is 6. The molecule has 1 aliphatic carbocycles. The Labute approximate surface area is 177 Å². The van der Waals surface area contributed by atoms with E-state index in [-0.39, 0.29) is 5.56 Å². The van der Waals surface area contributed by atoms with Gasteiger partial charge in [0.25, 0.3) is 5.56 Å². The lowest BCUT2D eigenvalue weighted by atomic mass is 9.96. The van der Waals surface area contributed by atoms with Gasteiger partial charge in [-0.2, -0.15) is 0 Å². The Bertz CT molecular complexity index is 952. The molecule has 0 N–H and O–H groups in total. The van der Waals surface area contributed by atoms with E-state index in [9.17, 15) is 4.79 Å². The minimum absolute atomic E-state index is 0.00897. The van der Waals surface area contributed by atoms with E-state index < -0.39 is 0 Å². The third-order valence-corrected chi connectivity index (χ3v) is 6.13. The van der Waals surface area contributed by atoms with Gasteiger partial charge < -0.3 is 4.90 Å². The molecule has 1 unspecified atom stereocenters. The van der Waals surface area contributed by atoms with Crippen molar-refractivity contribution in [2.24, 2.45) is 10.9 Å². The molecule has 2 heterocycles. The van der Waals surface area contributed by atoms with E-state index in [0.29, 0.717) is 17.2 Å². The van der Waals surface area contributed by atoms with Crippen LogP contribution in [0.4, 0.5) is 0 Å². The lowest BCUT2D eigenvalue weighted by molar-refractivity contribution is 0.430. The first-order valence-corrected chi connectivity index (χ1v) is 11.5. The van der Waals surface area contributed by atoms with E-state index in [0.717, 1.165) is 48.5 Å². The predicted octanol–water partition coefficient (Wildman–Crippen LogP) is 4.83. The zero-order valence-electron chi connectivity index (χ0n) is 17.8. The van der Waals surface area contributed by atoms with E-state index in [1.807, 2.05) is 30.8 Å². The Balaban J connectivity index is 2.13. The molecule has 2 aliphatic rings. The maximum absolute atomic E-state index is 13.4. The summed E-state index contributed by atoms with van der Waals surface area (Å²) in [5.74, 6) is 0.472. The molecule has 0 radical (unpaired) electrons. The smallest absolute Gasteiger partial charge is 0.272 e. The van der Waals surface area contributed by atoms with Crippen LogP contribution < -0.4 is 5.56 Å². The van der Waals surface area contributed by atoms with Gasteiger partial charge in [0.1, 0.15) is 6.33 Å². The molecule has 154 valence electrons. The summed E-state index contributed by atoms with van der Waals surface area (Å²) >= 11 is 1.47. The number of likely N-dealkylation sites (N-methyl/N-ethyl adjacent to an activating group) is 1. The Hall–Kier alpha value is -2.34. The van der Waals surface area contributed by atoms with Crippen LogP contribution in [-0.4, -0.2) is 40.5 Å². The van der Waals surface area contributed by atoms with Crippen molar-refractivity contribution in [1.82, 2.24) is 14.5 Å². The maximum atomic E-state index is 13.4. The molecule has 1 aromatic heterocycles. The molecule has 1 aliphatic heterocycles. The van der Waals surface area contributed by atoms with Crippen molar-refractivity contribution in [3.8, 4) is 0 Å². The second-order valence-electron chi connectivity index (χ2n) is 7.34. The van der Waals surface area contributed by atoms with Gasteiger partial charge in [0.05, 0.1) is 10.6 Å². The van der Waals surface area contributed by atoms with Crippen LogP contribution in [0.1, 0.15) is 45.2 Å². The summed E-state index contributed by atoms with van der Waals surface area (Å²) in [5, 5.41) is 0. The SMILES string of the molecule is CCCN(C)C1=C(c2ncn(C3=CC(CC)CC=C3)c(=O)c2SC)CC=NC=C1. The van der Waals surface area contributed by atoms with E-state index in [1.165, 1.54) is 11.8 Å². The minimum Gasteiger partial charge on any atom is -0.374 e. The van der Waals surface area contributed by atoms with E-state index >= 15 is 0 Å². The average molecular weight is 411 g/mol. The molecule has 0 spiro atoms. The maximum Gasteiger partial charge on any atom is 0.272 e. The first-order chi connectivity index (χ1) is 14.1. The molecule has 0 bridgehead atoms. The number of rotatable bonds is 7. The normalized spacial score (nSPS) is 18.8. The minimum atomic E-state index is -0.00897. The Morgan fingerprint density at radius 1 is 1.31 bits per heavy atom. The molecule has 1 atom stereocenters. The number of nitrogens with zero attached hydrogens (tertiary/aromatic N) is 4. The predicted molar refractivity (Wildman–Crippen MR) is 124 cm³/mol. The third-order valence-electron chi connectivity index (χ3n) is 5.36. The number of aromatic nitrogens is 2. The summed E-state index contributed by atoms with van der Waals surface area (Å²) in [6.07, 6.45) is 19.5. The molecule has 3 rings (SSSR count). The fourth-order valence-electron chi connectivity index (χ4n) is 3.75. The molecule has 29 heavy (non-hydrogen) atoms. The molecule has 6 heteroatoms. The van der Waals surface area contributed by atoms with Gasteiger partial charge in [-0.1, -0.05) is 26.0 Å². The zero-order chi connectivity index (χ0) is 20.8. The first-order valence-electron chi connectivity index (χ1n) is 10.3. The first kappa shape index (κ1) is 21.4. The highest BCUT2D eigenvalue weighted by molar-refractivity contribution is 7.98. The largest absolute Gasteiger partial charge is 0.374 e. The van der Waals surface area contributed by atoms with Crippen LogP contribution >= 0.6 is 11.8 Å². The molecule has 0 amide bonds. The van der Waals surface area contributed by atoms with E-state index in [2.05, 4.69) is 42.9 Å². The van der Waals surface area contributed by atoms with Crippen LogP contribution in [0.5, 0.6) is 0 Å². The molecule has 5 nitrogen and oxygen atoms in total. The molecule has 0 saturated carbocycles. The number of hydrogen-bond acceptors (Lipinski definition) is 5. The van der Waals surface area contributed by atoms with Gasteiger partial charge in [0, 0.05) is 49.4 Å². The third kappa shape index (κ3) is 4.64. The van der Waals surface area contributed by atoms with Gasteiger partial charge >= 0.3 is 0 Å². The number of thioether (sulfide) groups is 1. The topological polar surface area (TPSA) is 50.5 Å². The van der Waals surface area contributed by atoms with Crippen LogP contribution in [0.2, 0.25) is 0 Å². The highest BCUT2D eigenvalue weighted by atomic mass is 32.2. The molecular formula is C23H30N4OS. The molecule has 0 saturated heterocycles. The highest BCUT2D eigenvalue weighted by Gasteiger charge is 2.21. The second-order valence-corrected chi connectivity index (χ2v) is 8.15. The summed E-state index contributed by atoms with van der Waals surface area (Å²) < 4.78 is 1.68. The quantitative estimate of drug-likeness (QED) is 0.604. The van der Waals surface area contributed by atoms with Crippen molar-refractivity contribution in [1.29, 1.82) is 0 Å². The van der Waals surface area contributed by atoms with E-state index in [1.54, 1.807) is 10.9 Å². The zero-order valence-corrected chi connectivity index (χ0v) is 18.6. The summed E-state index contributed by atoms with van der Waals surface area (Å²) in [4.78, 5) is 25.4. The van der Waals surface area contributed by atoms with Crippen LogP contribution in [0.15, 0.2) is 57.2 Å². The summed E-state index contributed by atoms with van der Waals surface area (Å²) in [5.41, 5.74) is 3.80. The van der Waals surface area contributed by atoms with Crippen molar-refractivity contribution in [3.63, 3.8) is 0 Å². The fourth-order valence-corrected chi connectivity index (χ4v) is 4.39. The van der Waals surface area contributed by atoms with Crippen molar-refractivity contribution >= 4 is 29.2 Å². The van der Waals surface area contributed by atoms with E-state index in [4.69, 9.17) is 4.98 Å². The van der Waals surface area contributed by atoms with Crippen LogP contribution in [-0.2, 0) is 0 Å². The van der Waals surface area contributed by atoms with Crippen molar-refractivity contribution < 1.29 is 0 Å². The fraction of sp³-hybridized carbons (Fsp3) is 0.435. The van der Waals surface area contributed by atoms with Crippen molar-refractivity contribution in [3.05, 3.63) is 58.6 Å². The van der Waals surface area contributed by atoms with Gasteiger partial charge in [-0.25, -0.2) is 4.98 Å². The van der Waals surface area contributed by atoms with Crippen LogP contribution in [0.25, 0.3) is 11.3 Å². The van der Waals surface area contributed by atoms with Crippen molar-refractivity contribution in [2.45, 2.75) is 44.4 Å². The van der Waals surface area contributed by atoms with Gasteiger partial charge in [0.2, 0.25) is 0 Å². The Morgan fingerprint density at radius 2 is 2.14 bits per heavy atom. The number of aliphatic imine (C=N–C) groups is 1. The Kier molecular flexibility index (Phi) is 7.31. The Morgan fingerprint density at radius 3 is 2.86 bits per heavy atom. The van der Waals surface area contributed by atoms with Crippen LogP contribution in [0, 0.1) is 5.92 Å². The standard InChI is InChI=1S/C23H30N4OS/c1-5-14-26(3)20-11-13-24-12-10-19(20)21-22(29-4)23(28)27(16-25-21)18-9-7-8-17(6-2)15-18/h7,9,11-13,15-17H,5-6,8,10,14H2,1-4H3. The molecule has 1 aromatic rings. The summed E-state index contributed by atoms with van der Waals surface area (Å²) in [7, 11) is 2.08. The number of hydrogen-bond donors (Lipinski definition) is 0. The molecule has 0 fully saturated rings. The average Bonchev–Trinajstić information content (AvgIpc) is 2.99. The van der Waals surface area contributed by atoms with Gasteiger partial charge in [-0.3, -0.25) is 14.4 Å². The lowest BCUT2D eigenvalue weighted by Gasteiger charge is -2.23. The lowest BCUT2D eigenvalue weighted by Crippen LogP contribution is -2.25. The van der Waals surface area contributed by atoms with Crippen LogP contribution in [0.3, 0.4) is 0 Å². The van der Waals surface area contributed by atoms with Gasteiger partial charge in [0.15, 0.2) is 0 Å². The second kappa shape index (κ2) is 9.92. The summed E-state index contributed by atoms with van der Waals surface area (Å²) in [6, 6.07) is 0. The highest BCUT2D eigenvalue weighted by Crippen LogP contribution is 2.30. The monoisotopic (exact) mass is 410 g/mol.